The van der Waals surface area contributed by atoms with E-state index in [0.717, 1.165) is 0 Å². The second-order valence-corrected chi connectivity index (χ2v) is 9.90. The predicted octanol–water partition coefficient (Wildman–Crippen LogP) is 4.39. The molecule has 42 heavy (non-hydrogen) atoms. The smallest absolute Gasteiger partial charge is 0.343 e. The van der Waals surface area contributed by atoms with E-state index in [4.69, 9.17) is 18.9 Å². The van der Waals surface area contributed by atoms with Gasteiger partial charge in [0.2, 0.25) is 11.7 Å². The molecule has 0 aliphatic heterocycles. The van der Waals surface area contributed by atoms with Crippen molar-refractivity contribution in [3.63, 3.8) is 0 Å². The van der Waals surface area contributed by atoms with E-state index in [2.05, 4.69) is 16.2 Å². The third kappa shape index (κ3) is 8.10. The zero-order chi connectivity index (χ0) is 30.9. The summed E-state index contributed by atoms with van der Waals surface area (Å²) in [6.07, 6.45) is 2.61. The summed E-state index contributed by atoms with van der Waals surface area (Å²) in [5.74, 6) is -0.902. The molecule has 11 nitrogen and oxygen atoms in total. The van der Waals surface area contributed by atoms with Crippen molar-refractivity contribution in [2.45, 2.75) is 20.8 Å². The monoisotopic (exact) mass is 575 g/mol. The summed E-state index contributed by atoms with van der Waals surface area (Å²) in [6, 6.07) is 15.8. The van der Waals surface area contributed by atoms with Gasteiger partial charge in [0.1, 0.15) is 5.75 Å². The maximum absolute atomic E-state index is 12.9. The standard InChI is InChI=1S/C31H33N3O8/c1-31(2,3)30(38)32-22-14-11-20(12-15-22)28(36)34-33-26(35)16-13-19-9-7-8-10-23(19)42-29(37)21-17-24(39-4)27(41-6)25(18-21)40-5/h7-18H,1-6H3,(H,32,38)(H,33,35)(H,34,36)/b16-13+. The summed E-state index contributed by atoms with van der Waals surface area (Å²) in [7, 11) is 4.33. The molecule has 11 heteroatoms. The molecule has 0 saturated carbocycles. The predicted molar refractivity (Wildman–Crippen MR) is 157 cm³/mol. The molecule has 0 aromatic heterocycles. The van der Waals surface area contributed by atoms with Crippen LogP contribution in [0.2, 0.25) is 0 Å². The van der Waals surface area contributed by atoms with Crippen molar-refractivity contribution in [2.75, 3.05) is 26.6 Å². The molecule has 0 unspecified atom stereocenters. The van der Waals surface area contributed by atoms with Crippen molar-refractivity contribution in [1.29, 1.82) is 0 Å². The minimum absolute atomic E-state index is 0.156. The van der Waals surface area contributed by atoms with Crippen LogP contribution in [0.25, 0.3) is 6.08 Å². The zero-order valence-corrected chi connectivity index (χ0v) is 24.2. The number of rotatable bonds is 9. The molecule has 3 amide bonds. The highest BCUT2D eigenvalue weighted by atomic mass is 16.5. The van der Waals surface area contributed by atoms with Crippen LogP contribution in [0.15, 0.2) is 66.7 Å². The lowest BCUT2D eigenvalue weighted by atomic mass is 9.95. The number of carbonyl (C=O) groups excluding carboxylic acids is 4. The lowest BCUT2D eigenvalue weighted by Crippen LogP contribution is -2.40. The van der Waals surface area contributed by atoms with Crippen LogP contribution in [0.1, 0.15) is 47.1 Å². The average Bonchev–Trinajstić information content (AvgIpc) is 2.98. The van der Waals surface area contributed by atoms with Gasteiger partial charge in [-0.05, 0) is 48.5 Å². The fourth-order valence-electron chi connectivity index (χ4n) is 3.49. The number of carbonyl (C=O) groups is 4. The minimum Gasteiger partial charge on any atom is -0.493 e. The Kier molecular flexibility index (Phi) is 10.3. The molecule has 3 rings (SSSR count). The van der Waals surface area contributed by atoms with Gasteiger partial charge in [0, 0.05) is 28.3 Å². The van der Waals surface area contributed by atoms with E-state index in [1.165, 1.54) is 57.7 Å². The van der Waals surface area contributed by atoms with Gasteiger partial charge in [0.15, 0.2) is 11.5 Å². The van der Waals surface area contributed by atoms with Gasteiger partial charge in [-0.2, -0.15) is 0 Å². The van der Waals surface area contributed by atoms with Crippen molar-refractivity contribution >= 4 is 35.5 Å². The molecule has 3 aromatic carbocycles. The lowest BCUT2D eigenvalue weighted by Gasteiger charge is -2.17. The van der Waals surface area contributed by atoms with Gasteiger partial charge in [-0.3, -0.25) is 25.2 Å². The SMILES string of the molecule is COc1cc(C(=O)Oc2ccccc2/C=C/C(=O)NNC(=O)c2ccc(NC(=O)C(C)(C)C)cc2)cc(OC)c1OC. The van der Waals surface area contributed by atoms with Crippen LogP contribution in [0.3, 0.4) is 0 Å². The van der Waals surface area contributed by atoms with Crippen LogP contribution in [-0.4, -0.2) is 45.0 Å². The molecule has 0 fully saturated rings. The summed E-state index contributed by atoms with van der Waals surface area (Å²) < 4.78 is 21.4. The first-order valence-electron chi connectivity index (χ1n) is 12.8. The van der Waals surface area contributed by atoms with Crippen molar-refractivity contribution in [3.8, 4) is 23.0 Å². The summed E-state index contributed by atoms with van der Waals surface area (Å²) >= 11 is 0. The highest BCUT2D eigenvalue weighted by Gasteiger charge is 2.21. The number of benzene rings is 3. The number of hydrogen-bond donors (Lipinski definition) is 3. The molecule has 0 aliphatic rings. The normalized spacial score (nSPS) is 10.9. The van der Waals surface area contributed by atoms with Crippen molar-refractivity contribution in [3.05, 3.63) is 83.4 Å². The Labute approximate surface area is 243 Å². The largest absolute Gasteiger partial charge is 0.493 e. The van der Waals surface area contributed by atoms with Crippen molar-refractivity contribution in [2.24, 2.45) is 5.41 Å². The Morgan fingerprint density at radius 3 is 1.93 bits per heavy atom. The quantitative estimate of drug-likeness (QED) is 0.148. The first-order chi connectivity index (χ1) is 20.0. The highest BCUT2D eigenvalue weighted by Crippen LogP contribution is 2.38. The lowest BCUT2D eigenvalue weighted by molar-refractivity contribution is -0.123. The molecule has 0 spiro atoms. The number of anilines is 1. The summed E-state index contributed by atoms with van der Waals surface area (Å²) in [5.41, 5.74) is 5.48. The second kappa shape index (κ2) is 13.8. The number of amides is 3. The second-order valence-electron chi connectivity index (χ2n) is 9.90. The van der Waals surface area contributed by atoms with E-state index in [-0.39, 0.29) is 22.8 Å². The molecule has 3 N–H and O–H groups in total. The van der Waals surface area contributed by atoms with E-state index in [9.17, 15) is 19.2 Å². The topological polar surface area (TPSA) is 141 Å². The summed E-state index contributed by atoms with van der Waals surface area (Å²) in [4.78, 5) is 49.9. The van der Waals surface area contributed by atoms with Gasteiger partial charge < -0.3 is 24.3 Å². The van der Waals surface area contributed by atoms with Crippen LogP contribution in [0.4, 0.5) is 5.69 Å². The molecule has 220 valence electrons. The van der Waals surface area contributed by atoms with Crippen molar-refractivity contribution < 1.29 is 38.1 Å². The maximum atomic E-state index is 12.9. The van der Waals surface area contributed by atoms with E-state index in [0.29, 0.717) is 28.5 Å². The first kappa shape index (κ1) is 31.2. The average molecular weight is 576 g/mol. The highest BCUT2D eigenvalue weighted by molar-refractivity contribution is 5.99. The van der Waals surface area contributed by atoms with Crippen molar-refractivity contribution in [1.82, 2.24) is 10.9 Å². The number of para-hydroxylation sites is 1. The van der Waals surface area contributed by atoms with Crippen LogP contribution in [-0.2, 0) is 9.59 Å². The van der Waals surface area contributed by atoms with Crippen LogP contribution in [0, 0.1) is 5.41 Å². The van der Waals surface area contributed by atoms with E-state index >= 15 is 0 Å². The molecule has 0 radical (unpaired) electrons. The molecule has 0 bridgehead atoms. The molecular weight excluding hydrogens is 542 g/mol. The maximum Gasteiger partial charge on any atom is 0.343 e. The molecule has 3 aromatic rings. The molecule has 0 atom stereocenters. The number of hydrogen-bond acceptors (Lipinski definition) is 8. The third-order valence-electron chi connectivity index (χ3n) is 5.82. The van der Waals surface area contributed by atoms with E-state index < -0.39 is 23.2 Å². The Balaban J connectivity index is 1.62. The fourth-order valence-corrected chi connectivity index (χ4v) is 3.49. The van der Waals surface area contributed by atoms with Gasteiger partial charge in [-0.1, -0.05) is 39.0 Å². The van der Waals surface area contributed by atoms with Crippen LogP contribution in [0.5, 0.6) is 23.0 Å². The number of hydrazine groups is 1. The zero-order valence-electron chi connectivity index (χ0n) is 24.2. The summed E-state index contributed by atoms with van der Waals surface area (Å²) in [6.45, 7) is 5.39. The Bertz CT molecular complexity index is 1470. The van der Waals surface area contributed by atoms with Gasteiger partial charge in [0.25, 0.3) is 11.8 Å². The fraction of sp³-hybridized carbons (Fsp3) is 0.226. The van der Waals surface area contributed by atoms with Crippen LogP contribution < -0.4 is 35.1 Å². The van der Waals surface area contributed by atoms with Gasteiger partial charge >= 0.3 is 5.97 Å². The Morgan fingerprint density at radius 2 is 1.36 bits per heavy atom. The molecular formula is C31H33N3O8. The van der Waals surface area contributed by atoms with E-state index in [1.54, 1.807) is 57.2 Å². The van der Waals surface area contributed by atoms with E-state index in [1.807, 2.05) is 0 Å². The Morgan fingerprint density at radius 1 is 0.738 bits per heavy atom. The Hall–Kier alpha value is -5.32. The van der Waals surface area contributed by atoms with Gasteiger partial charge in [-0.25, -0.2) is 4.79 Å². The summed E-state index contributed by atoms with van der Waals surface area (Å²) in [5, 5.41) is 2.77. The number of nitrogens with one attached hydrogen (secondary N) is 3. The first-order valence-corrected chi connectivity index (χ1v) is 12.8. The number of ether oxygens (including phenoxy) is 4. The minimum atomic E-state index is -0.684. The molecule has 0 heterocycles. The number of methoxy groups -OCH3 is 3. The molecule has 0 saturated heterocycles. The van der Waals surface area contributed by atoms with Gasteiger partial charge in [-0.15, -0.1) is 0 Å². The third-order valence-corrected chi connectivity index (χ3v) is 5.82. The van der Waals surface area contributed by atoms with Crippen LogP contribution >= 0.6 is 0 Å². The number of esters is 1. The molecule has 0 aliphatic carbocycles. The van der Waals surface area contributed by atoms with Gasteiger partial charge in [0.05, 0.1) is 26.9 Å².